The zero-order chi connectivity index (χ0) is 15.9. The number of benzene rings is 1. The van der Waals surface area contributed by atoms with Crippen molar-refractivity contribution in [2.75, 3.05) is 33.7 Å². The molecule has 0 radical (unpaired) electrons. The molecule has 1 rings (SSSR count). The van der Waals surface area contributed by atoms with Gasteiger partial charge in [0.2, 0.25) is 0 Å². The van der Waals surface area contributed by atoms with Crippen LogP contribution in [0.25, 0.3) is 0 Å². The number of nitrogens with one attached hydrogen (secondary N) is 1. The van der Waals surface area contributed by atoms with Gasteiger partial charge in [0.05, 0.1) is 0 Å². The third-order valence-corrected chi connectivity index (χ3v) is 5.54. The van der Waals surface area contributed by atoms with Crippen molar-refractivity contribution in [3.63, 3.8) is 0 Å². The summed E-state index contributed by atoms with van der Waals surface area (Å²) in [7, 11) is -0.182. The van der Waals surface area contributed by atoms with Crippen LogP contribution in [-0.4, -0.2) is 50.8 Å². The molecule has 0 aliphatic carbocycles. The molecule has 0 saturated heterocycles. The van der Waals surface area contributed by atoms with E-state index < -0.39 is 10.2 Å². The normalized spacial score (nSPS) is 12.3. The van der Waals surface area contributed by atoms with Crippen molar-refractivity contribution < 1.29 is 8.42 Å². The lowest BCUT2D eigenvalue weighted by atomic mass is 10.2. The van der Waals surface area contributed by atoms with Crippen LogP contribution in [0.1, 0.15) is 18.9 Å². The van der Waals surface area contributed by atoms with E-state index in [2.05, 4.69) is 21.2 Å². The van der Waals surface area contributed by atoms with Crippen molar-refractivity contribution in [2.45, 2.75) is 19.9 Å². The lowest BCUT2D eigenvalue weighted by Gasteiger charge is -2.24. The molecule has 0 bridgehead atoms. The van der Waals surface area contributed by atoms with E-state index in [1.54, 1.807) is 14.1 Å². The van der Waals surface area contributed by atoms with Crippen LogP contribution in [0.2, 0.25) is 0 Å². The summed E-state index contributed by atoms with van der Waals surface area (Å²) in [6, 6.07) is 7.67. The van der Waals surface area contributed by atoms with Gasteiger partial charge in [-0.25, -0.2) is 0 Å². The van der Waals surface area contributed by atoms with E-state index in [0.717, 1.165) is 29.5 Å². The number of halogens is 1. The number of hydrogen-bond acceptors (Lipinski definition) is 3. The van der Waals surface area contributed by atoms with Crippen molar-refractivity contribution in [2.24, 2.45) is 0 Å². The van der Waals surface area contributed by atoms with Gasteiger partial charge < -0.3 is 5.32 Å². The fraction of sp³-hybridized carbons (Fsp3) is 0.571. The summed E-state index contributed by atoms with van der Waals surface area (Å²) in [6.07, 6.45) is 0.800. The van der Waals surface area contributed by atoms with Crippen LogP contribution >= 0.6 is 15.9 Å². The number of rotatable bonds is 9. The molecular formula is C14H24BrN3O2S. The van der Waals surface area contributed by atoms with E-state index in [4.69, 9.17) is 0 Å². The molecule has 0 heterocycles. The van der Waals surface area contributed by atoms with Gasteiger partial charge in [-0.3, -0.25) is 0 Å². The molecule has 7 heteroatoms. The minimum Gasteiger partial charge on any atom is -0.317 e. The third kappa shape index (κ3) is 6.04. The SMILES string of the molecule is CCNCCCN(C)S(=O)(=O)N(C)Cc1cccc(Br)c1. The quantitative estimate of drug-likeness (QED) is 0.670. The Balaban J connectivity index is 2.59. The fourth-order valence-electron chi connectivity index (χ4n) is 1.93. The van der Waals surface area contributed by atoms with Gasteiger partial charge in [-0.15, -0.1) is 0 Å². The Bertz CT molecular complexity index is 537. The first-order valence-electron chi connectivity index (χ1n) is 7.00. The average molecular weight is 378 g/mol. The average Bonchev–Trinajstić information content (AvgIpc) is 2.43. The first-order chi connectivity index (χ1) is 9.87. The molecule has 1 N–H and O–H groups in total. The molecule has 1 aromatic carbocycles. The van der Waals surface area contributed by atoms with Gasteiger partial charge in [-0.2, -0.15) is 17.0 Å². The molecule has 1 aromatic rings. The second kappa shape index (κ2) is 8.85. The van der Waals surface area contributed by atoms with Gasteiger partial charge in [0.15, 0.2) is 0 Å². The Labute approximate surface area is 136 Å². The molecule has 0 fully saturated rings. The first-order valence-corrected chi connectivity index (χ1v) is 9.19. The fourth-order valence-corrected chi connectivity index (χ4v) is 3.53. The van der Waals surface area contributed by atoms with Gasteiger partial charge in [0, 0.05) is 31.7 Å². The highest BCUT2D eigenvalue weighted by atomic mass is 79.9. The molecule has 0 spiro atoms. The highest BCUT2D eigenvalue weighted by molar-refractivity contribution is 9.10. The van der Waals surface area contributed by atoms with Crippen LogP contribution in [0.3, 0.4) is 0 Å². The zero-order valence-corrected chi connectivity index (χ0v) is 15.2. The maximum absolute atomic E-state index is 12.4. The van der Waals surface area contributed by atoms with E-state index in [1.807, 2.05) is 31.2 Å². The Morgan fingerprint density at radius 3 is 2.57 bits per heavy atom. The molecule has 0 unspecified atom stereocenters. The zero-order valence-electron chi connectivity index (χ0n) is 12.8. The summed E-state index contributed by atoms with van der Waals surface area (Å²) in [5.41, 5.74) is 0.955. The highest BCUT2D eigenvalue weighted by Gasteiger charge is 2.23. The largest absolute Gasteiger partial charge is 0.317 e. The van der Waals surface area contributed by atoms with Crippen molar-refractivity contribution in [3.8, 4) is 0 Å². The van der Waals surface area contributed by atoms with E-state index in [-0.39, 0.29) is 0 Å². The first kappa shape index (κ1) is 18.6. The summed E-state index contributed by atoms with van der Waals surface area (Å²) >= 11 is 3.40. The molecule has 0 amide bonds. The predicted molar refractivity (Wildman–Crippen MR) is 90.3 cm³/mol. The number of hydrogen-bond donors (Lipinski definition) is 1. The molecule has 120 valence electrons. The highest BCUT2D eigenvalue weighted by Crippen LogP contribution is 2.15. The third-order valence-electron chi connectivity index (χ3n) is 3.16. The Hall–Kier alpha value is -0.470. The summed E-state index contributed by atoms with van der Waals surface area (Å²) < 4.78 is 28.5. The molecular weight excluding hydrogens is 354 g/mol. The summed E-state index contributed by atoms with van der Waals surface area (Å²) in [4.78, 5) is 0. The van der Waals surface area contributed by atoms with Gasteiger partial charge in [-0.1, -0.05) is 35.0 Å². The predicted octanol–water partition coefficient (Wildman–Crippen LogP) is 2.06. The second-order valence-corrected chi connectivity index (χ2v) is 7.98. The van der Waals surface area contributed by atoms with Crippen molar-refractivity contribution in [3.05, 3.63) is 34.3 Å². The van der Waals surface area contributed by atoms with Gasteiger partial charge in [-0.05, 0) is 37.2 Å². The molecule has 0 atom stereocenters. The van der Waals surface area contributed by atoms with Gasteiger partial charge in [0.1, 0.15) is 0 Å². The molecule has 0 aromatic heterocycles. The topological polar surface area (TPSA) is 52.7 Å². The van der Waals surface area contributed by atoms with Gasteiger partial charge in [0.25, 0.3) is 10.2 Å². The van der Waals surface area contributed by atoms with Crippen molar-refractivity contribution in [1.29, 1.82) is 0 Å². The van der Waals surface area contributed by atoms with E-state index in [9.17, 15) is 8.42 Å². The Morgan fingerprint density at radius 1 is 1.24 bits per heavy atom. The Kier molecular flexibility index (Phi) is 7.83. The smallest absolute Gasteiger partial charge is 0.281 e. The lowest BCUT2D eigenvalue weighted by Crippen LogP contribution is -2.40. The van der Waals surface area contributed by atoms with Crippen LogP contribution in [0.5, 0.6) is 0 Å². The standard InChI is InChI=1S/C14H24BrN3O2S/c1-4-16-9-6-10-17(2)21(19,20)18(3)12-13-7-5-8-14(15)11-13/h5,7-8,11,16H,4,6,9-10,12H2,1-3H3. The van der Waals surface area contributed by atoms with Crippen LogP contribution in [-0.2, 0) is 16.8 Å². The van der Waals surface area contributed by atoms with E-state index in [1.165, 1.54) is 8.61 Å². The summed E-state index contributed by atoms with van der Waals surface area (Å²) in [5.74, 6) is 0. The summed E-state index contributed by atoms with van der Waals surface area (Å²) in [5, 5.41) is 3.19. The monoisotopic (exact) mass is 377 g/mol. The van der Waals surface area contributed by atoms with Crippen molar-refractivity contribution in [1.82, 2.24) is 13.9 Å². The molecule has 5 nitrogen and oxygen atoms in total. The molecule has 0 aliphatic rings. The number of nitrogens with zero attached hydrogens (tertiary/aromatic N) is 2. The minimum absolute atomic E-state index is 0.360. The second-order valence-electron chi connectivity index (χ2n) is 4.92. The summed E-state index contributed by atoms with van der Waals surface area (Å²) in [6.45, 7) is 4.63. The molecule has 0 aliphatic heterocycles. The van der Waals surface area contributed by atoms with Gasteiger partial charge >= 0.3 is 0 Å². The maximum atomic E-state index is 12.4. The minimum atomic E-state index is -3.41. The Morgan fingerprint density at radius 2 is 1.95 bits per heavy atom. The van der Waals surface area contributed by atoms with E-state index in [0.29, 0.717) is 13.1 Å². The van der Waals surface area contributed by atoms with Crippen LogP contribution in [0.4, 0.5) is 0 Å². The van der Waals surface area contributed by atoms with E-state index >= 15 is 0 Å². The lowest BCUT2D eigenvalue weighted by molar-refractivity contribution is 0.384. The van der Waals surface area contributed by atoms with Crippen molar-refractivity contribution >= 4 is 26.1 Å². The molecule has 0 saturated carbocycles. The molecule has 21 heavy (non-hydrogen) atoms. The van der Waals surface area contributed by atoms with Crippen LogP contribution in [0, 0.1) is 0 Å². The van der Waals surface area contributed by atoms with Crippen LogP contribution < -0.4 is 5.32 Å². The maximum Gasteiger partial charge on any atom is 0.281 e. The van der Waals surface area contributed by atoms with Crippen LogP contribution in [0.15, 0.2) is 28.7 Å².